The molecule has 1 aliphatic rings. The van der Waals surface area contributed by atoms with Crippen LogP contribution in [0, 0.1) is 0 Å². The average Bonchev–Trinajstić information content (AvgIpc) is 2.41. The lowest BCUT2D eigenvalue weighted by molar-refractivity contribution is -0.247. The molecule has 1 heterocycles. The topological polar surface area (TPSA) is 64.6 Å². The number of halogens is 2. The number of rotatable bonds is 4. The van der Waals surface area contributed by atoms with Crippen LogP contribution in [0.4, 0.5) is 14.5 Å². The standard InChI is InChI=1S/C13H17F2NO4S/c1-13(2)19-7-9(8-20-13)16-10-5-3-4-6-11(10)21(17,18)12(14)15/h3-6,9,12,16H,7-8H2,1-2H3. The number of para-hydroxylation sites is 1. The molecule has 0 aliphatic carbocycles. The third kappa shape index (κ3) is 3.69. The van der Waals surface area contributed by atoms with Crippen molar-refractivity contribution in [2.45, 2.75) is 36.3 Å². The van der Waals surface area contributed by atoms with Crippen molar-refractivity contribution in [3.8, 4) is 0 Å². The highest BCUT2D eigenvalue weighted by Crippen LogP contribution is 2.27. The van der Waals surface area contributed by atoms with Crippen molar-refractivity contribution in [3.05, 3.63) is 24.3 Å². The highest BCUT2D eigenvalue weighted by Gasteiger charge is 2.32. The van der Waals surface area contributed by atoms with Gasteiger partial charge in [-0.25, -0.2) is 8.42 Å². The summed E-state index contributed by atoms with van der Waals surface area (Å²) in [6.45, 7) is 4.10. The average molecular weight is 321 g/mol. The molecule has 1 aromatic carbocycles. The maximum atomic E-state index is 12.7. The van der Waals surface area contributed by atoms with Crippen molar-refractivity contribution >= 4 is 15.5 Å². The minimum Gasteiger partial charge on any atom is -0.377 e. The second-order valence-corrected chi connectivity index (χ2v) is 7.05. The molecule has 5 nitrogen and oxygen atoms in total. The lowest BCUT2D eigenvalue weighted by Crippen LogP contribution is -2.45. The Kier molecular flexibility index (Phi) is 4.50. The smallest absolute Gasteiger partial charge is 0.341 e. The second kappa shape index (κ2) is 5.86. The Balaban J connectivity index is 2.19. The fraction of sp³-hybridized carbons (Fsp3) is 0.538. The van der Waals surface area contributed by atoms with Gasteiger partial charge >= 0.3 is 5.76 Å². The summed E-state index contributed by atoms with van der Waals surface area (Å²) in [5.74, 6) is -4.16. The summed E-state index contributed by atoms with van der Waals surface area (Å²) in [7, 11) is -4.66. The van der Waals surface area contributed by atoms with Crippen LogP contribution in [0.3, 0.4) is 0 Å². The van der Waals surface area contributed by atoms with Crippen LogP contribution in [0.2, 0.25) is 0 Å². The Morgan fingerprint density at radius 2 is 1.81 bits per heavy atom. The van der Waals surface area contributed by atoms with Crippen LogP contribution >= 0.6 is 0 Å². The molecule has 8 heteroatoms. The van der Waals surface area contributed by atoms with Gasteiger partial charge in [0, 0.05) is 0 Å². The number of ether oxygens (including phenoxy) is 2. The number of hydrogen-bond donors (Lipinski definition) is 1. The van der Waals surface area contributed by atoms with Crippen LogP contribution in [0.25, 0.3) is 0 Å². The lowest BCUT2D eigenvalue weighted by Gasteiger charge is -2.35. The first-order valence-electron chi connectivity index (χ1n) is 6.38. The van der Waals surface area contributed by atoms with Crippen molar-refractivity contribution in [2.24, 2.45) is 0 Å². The molecule has 1 N–H and O–H groups in total. The van der Waals surface area contributed by atoms with Gasteiger partial charge in [-0.1, -0.05) is 12.1 Å². The second-order valence-electron chi connectivity index (χ2n) is 5.16. The van der Waals surface area contributed by atoms with E-state index in [2.05, 4.69) is 5.32 Å². The quantitative estimate of drug-likeness (QED) is 0.921. The van der Waals surface area contributed by atoms with Crippen LogP contribution in [0.15, 0.2) is 29.2 Å². The van der Waals surface area contributed by atoms with Gasteiger partial charge in [0.15, 0.2) is 5.79 Å². The minimum absolute atomic E-state index is 0.120. The number of benzene rings is 1. The molecule has 1 aliphatic heterocycles. The van der Waals surface area contributed by atoms with Crippen LogP contribution in [-0.2, 0) is 19.3 Å². The summed E-state index contributed by atoms with van der Waals surface area (Å²) in [5.41, 5.74) is 0.120. The monoisotopic (exact) mass is 321 g/mol. The normalized spacial score (nSPS) is 19.7. The van der Waals surface area contributed by atoms with Crippen molar-refractivity contribution in [1.82, 2.24) is 0 Å². The SMILES string of the molecule is CC1(C)OCC(Nc2ccccc2S(=O)(=O)C(F)F)CO1. The Morgan fingerprint density at radius 1 is 1.24 bits per heavy atom. The number of hydrogen-bond acceptors (Lipinski definition) is 5. The largest absolute Gasteiger partial charge is 0.377 e. The van der Waals surface area contributed by atoms with E-state index < -0.39 is 26.3 Å². The molecular formula is C13H17F2NO4S. The van der Waals surface area contributed by atoms with Crippen molar-refractivity contribution in [2.75, 3.05) is 18.5 Å². The zero-order valence-electron chi connectivity index (χ0n) is 11.7. The predicted molar refractivity (Wildman–Crippen MR) is 73.0 cm³/mol. The first kappa shape index (κ1) is 16.1. The number of sulfone groups is 1. The fourth-order valence-corrected chi connectivity index (χ4v) is 2.82. The Morgan fingerprint density at radius 3 is 2.38 bits per heavy atom. The molecule has 0 radical (unpaired) electrons. The van der Waals surface area contributed by atoms with Crippen LogP contribution in [0.5, 0.6) is 0 Å². The molecule has 0 unspecified atom stereocenters. The van der Waals surface area contributed by atoms with Crippen LogP contribution in [0.1, 0.15) is 13.8 Å². The van der Waals surface area contributed by atoms with E-state index in [0.717, 1.165) is 6.07 Å². The third-order valence-corrected chi connectivity index (χ3v) is 4.49. The van der Waals surface area contributed by atoms with Gasteiger partial charge in [-0.3, -0.25) is 0 Å². The van der Waals surface area contributed by atoms with Gasteiger partial charge in [-0.15, -0.1) is 0 Å². The molecular weight excluding hydrogens is 304 g/mol. The molecule has 2 rings (SSSR count). The van der Waals surface area contributed by atoms with E-state index in [1.54, 1.807) is 19.9 Å². The van der Waals surface area contributed by atoms with E-state index in [1.807, 2.05) is 0 Å². The molecule has 0 aromatic heterocycles. The summed E-state index contributed by atoms with van der Waals surface area (Å²) >= 11 is 0. The Hall–Kier alpha value is -1.25. The van der Waals surface area contributed by atoms with Crippen LogP contribution in [-0.4, -0.2) is 39.2 Å². The van der Waals surface area contributed by atoms with Gasteiger partial charge in [0.25, 0.3) is 0 Å². The van der Waals surface area contributed by atoms with Crippen molar-refractivity contribution < 1.29 is 26.7 Å². The summed E-state index contributed by atoms with van der Waals surface area (Å²) in [6, 6.07) is 5.25. The van der Waals surface area contributed by atoms with E-state index >= 15 is 0 Å². The molecule has 1 fully saturated rings. The van der Waals surface area contributed by atoms with E-state index in [-0.39, 0.29) is 24.9 Å². The van der Waals surface area contributed by atoms with Crippen LogP contribution < -0.4 is 5.32 Å². The molecule has 21 heavy (non-hydrogen) atoms. The molecule has 0 atom stereocenters. The number of nitrogens with one attached hydrogen (secondary N) is 1. The Bertz CT molecular complexity index is 594. The summed E-state index contributed by atoms with van der Waals surface area (Å²) in [4.78, 5) is -0.426. The highest BCUT2D eigenvalue weighted by atomic mass is 32.2. The highest BCUT2D eigenvalue weighted by molar-refractivity contribution is 7.91. The predicted octanol–water partition coefficient (Wildman–Crippen LogP) is 2.25. The molecule has 1 aromatic rings. The van der Waals surface area contributed by atoms with Gasteiger partial charge in [-0.2, -0.15) is 8.78 Å². The Labute approximate surface area is 122 Å². The van der Waals surface area contributed by atoms with Gasteiger partial charge in [0.1, 0.15) is 0 Å². The molecule has 0 spiro atoms. The van der Waals surface area contributed by atoms with E-state index in [4.69, 9.17) is 9.47 Å². The van der Waals surface area contributed by atoms with Gasteiger partial charge in [0.2, 0.25) is 9.84 Å². The van der Waals surface area contributed by atoms with Gasteiger partial charge < -0.3 is 14.8 Å². The molecule has 0 amide bonds. The van der Waals surface area contributed by atoms with E-state index in [9.17, 15) is 17.2 Å². The summed E-state index contributed by atoms with van der Waals surface area (Å²) in [5, 5.41) is 2.89. The molecule has 118 valence electrons. The molecule has 0 saturated carbocycles. The first-order chi connectivity index (χ1) is 9.72. The summed E-state index contributed by atoms with van der Waals surface area (Å²) < 4.78 is 59.6. The maximum absolute atomic E-state index is 12.7. The molecule has 0 bridgehead atoms. The zero-order valence-corrected chi connectivity index (χ0v) is 12.5. The summed E-state index contributed by atoms with van der Waals surface area (Å²) in [6.07, 6.45) is 0. The fourth-order valence-electron chi connectivity index (χ4n) is 1.93. The minimum atomic E-state index is -4.66. The van der Waals surface area contributed by atoms with Gasteiger partial charge in [0.05, 0.1) is 29.8 Å². The molecule has 1 saturated heterocycles. The van der Waals surface area contributed by atoms with E-state index in [0.29, 0.717) is 0 Å². The van der Waals surface area contributed by atoms with Crippen molar-refractivity contribution in [1.29, 1.82) is 0 Å². The van der Waals surface area contributed by atoms with E-state index in [1.165, 1.54) is 12.1 Å². The van der Waals surface area contributed by atoms with Gasteiger partial charge in [-0.05, 0) is 26.0 Å². The lowest BCUT2D eigenvalue weighted by atomic mass is 10.2. The number of anilines is 1. The first-order valence-corrected chi connectivity index (χ1v) is 7.92. The third-order valence-electron chi connectivity index (χ3n) is 3.05. The van der Waals surface area contributed by atoms with Crippen molar-refractivity contribution in [3.63, 3.8) is 0 Å². The number of alkyl halides is 2. The zero-order chi connectivity index (χ0) is 15.7. The maximum Gasteiger partial charge on any atom is 0.341 e.